The molecular weight excluding hydrogens is 418 g/mol. The Labute approximate surface area is 201 Å². The Hall–Kier alpha value is -3.76. The van der Waals surface area contributed by atoms with E-state index in [1.807, 2.05) is 54.7 Å². The summed E-state index contributed by atoms with van der Waals surface area (Å²) in [4.78, 5) is 19.7. The monoisotopic (exact) mass is 447 g/mol. The molecule has 1 amide bonds. The second kappa shape index (κ2) is 10.4. The molecular formula is C30H29N3O. The topological polar surface area (TPSA) is 45.2 Å². The number of likely N-dealkylation sites (tertiary alicyclic amines) is 1. The molecule has 3 aromatic carbocycles. The largest absolute Gasteiger partial charge is 0.349 e. The lowest BCUT2D eigenvalue weighted by Crippen LogP contribution is -2.44. The van der Waals surface area contributed by atoms with Gasteiger partial charge in [0.1, 0.15) is 0 Å². The lowest BCUT2D eigenvalue weighted by molar-refractivity contribution is 0.0909. The first kappa shape index (κ1) is 22.1. The van der Waals surface area contributed by atoms with E-state index in [9.17, 15) is 4.79 Å². The maximum absolute atomic E-state index is 12.8. The summed E-state index contributed by atoms with van der Waals surface area (Å²) in [5, 5.41) is 4.36. The third-order valence-corrected chi connectivity index (χ3v) is 6.48. The smallest absolute Gasteiger partial charge is 0.251 e. The highest BCUT2D eigenvalue weighted by Crippen LogP contribution is 2.19. The van der Waals surface area contributed by atoms with E-state index >= 15 is 0 Å². The zero-order valence-electron chi connectivity index (χ0n) is 19.2. The maximum Gasteiger partial charge on any atom is 0.251 e. The van der Waals surface area contributed by atoms with Gasteiger partial charge >= 0.3 is 0 Å². The van der Waals surface area contributed by atoms with Crippen LogP contribution in [0.2, 0.25) is 0 Å². The number of piperidine rings is 1. The molecule has 0 bridgehead atoms. The van der Waals surface area contributed by atoms with Crippen LogP contribution in [0.15, 0.2) is 91.1 Å². The second-order valence-electron chi connectivity index (χ2n) is 8.88. The number of pyridine rings is 1. The van der Waals surface area contributed by atoms with Gasteiger partial charge in [0.05, 0.1) is 5.52 Å². The van der Waals surface area contributed by atoms with Gasteiger partial charge < -0.3 is 5.32 Å². The van der Waals surface area contributed by atoms with Crippen molar-refractivity contribution in [3.05, 3.63) is 113 Å². The Kier molecular flexibility index (Phi) is 6.78. The third kappa shape index (κ3) is 5.41. The molecule has 1 saturated heterocycles. The number of nitrogens with one attached hydrogen (secondary N) is 1. The summed E-state index contributed by atoms with van der Waals surface area (Å²) in [5.41, 5.74) is 5.23. The molecule has 1 N–H and O–H groups in total. The van der Waals surface area contributed by atoms with Crippen LogP contribution in [0.5, 0.6) is 0 Å². The number of amides is 1. The number of hydrogen-bond donors (Lipinski definition) is 1. The average molecular weight is 448 g/mol. The minimum atomic E-state index is 0.0113. The van der Waals surface area contributed by atoms with E-state index in [0.717, 1.165) is 54.5 Å². The molecule has 1 aliphatic heterocycles. The van der Waals surface area contributed by atoms with E-state index in [1.165, 1.54) is 5.56 Å². The molecule has 5 rings (SSSR count). The molecule has 0 spiro atoms. The molecule has 0 saturated carbocycles. The van der Waals surface area contributed by atoms with Gasteiger partial charge in [-0.15, -0.1) is 0 Å². The fraction of sp³-hybridized carbons (Fsp3) is 0.200. The van der Waals surface area contributed by atoms with Crippen molar-refractivity contribution in [1.82, 2.24) is 15.2 Å². The fourth-order valence-corrected chi connectivity index (χ4v) is 4.54. The molecule has 34 heavy (non-hydrogen) atoms. The molecule has 1 fully saturated rings. The Morgan fingerprint density at radius 2 is 1.62 bits per heavy atom. The van der Waals surface area contributed by atoms with Crippen molar-refractivity contribution >= 4 is 29.0 Å². The van der Waals surface area contributed by atoms with Crippen molar-refractivity contribution in [3.8, 4) is 0 Å². The van der Waals surface area contributed by atoms with E-state index in [2.05, 4.69) is 63.8 Å². The first-order valence-corrected chi connectivity index (χ1v) is 11.9. The van der Waals surface area contributed by atoms with Crippen LogP contribution in [0.1, 0.15) is 39.9 Å². The van der Waals surface area contributed by atoms with E-state index in [1.54, 1.807) is 0 Å². The summed E-state index contributed by atoms with van der Waals surface area (Å²) in [6.07, 6.45) is 7.98. The molecule has 1 aromatic heterocycles. The van der Waals surface area contributed by atoms with E-state index in [0.29, 0.717) is 5.56 Å². The fourth-order valence-electron chi connectivity index (χ4n) is 4.54. The van der Waals surface area contributed by atoms with E-state index < -0.39 is 0 Å². The van der Waals surface area contributed by atoms with Gasteiger partial charge in [0.25, 0.3) is 5.91 Å². The van der Waals surface area contributed by atoms with E-state index in [4.69, 9.17) is 0 Å². The summed E-state index contributed by atoms with van der Waals surface area (Å²) in [6, 6.07) is 28.8. The molecule has 4 aromatic rings. The summed E-state index contributed by atoms with van der Waals surface area (Å²) < 4.78 is 0. The number of rotatable bonds is 6. The van der Waals surface area contributed by atoms with Crippen LogP contribution in [0.3, 0.4) is 0 Å². The molecule has 2 heterocycles. The summed E-state index contributed by atoms with van der Waals surface area (Å²) in [7, 11) is 0. The Morgan fingerprint density at radius 3 is 2.41 bits per heavy atom. The van der Waals surface area contributed by atoms with Gasteiger partial charge in [0.15, 0.2) is 0 Å². The molecule has 0 aliphatic carbocycles. The number of para-hydroxylation sites is 1. The number of hydrogen-bond acceptors (Lipinski definition) is 3. The molecule has 170 valence electrons. The molecule has 4 nitrogen and oxygen atoms in total. The van der Waals surface area contributed by atoms with Gasteiger partial charge in [0.2, 0.25) is 0 Å². The number of nitrogens with zero attached hydrogens (tertiary/aromatic N) is 2. The maximum atomic E-state index is 12.8. The number of aromatic nitrogens is 1. The van der Waals surface area contributed by atoms with Crippen molar-refractivity contribution in [3.63, 3.8) is 0 Å². The van der Waals surface area contributed by atoms with Crippen LogP contribution in [-0.4, -0.2) is 34.9 Å². The van der Waals surface area contributed by atoms with Gasteiger partial charge in [-0.3, -0.25) is 14.7 Å². The van der Waals surface area contributed by atoms with Crippen LogP contribution >= 0.6 is 0 Å². The van der Waals surface area contributed by atoms with Crippen molar-refractivity contribution in [2.24, 2.45) is 0 Å². The normalized spacial score (nSPS) is 15.1. The zero-order valence-corrected chi connectivity index (χ0v) is 19.2. The zero-order chi connectivity index (χ0) is 23.2. The molecule has 0 unspecified atom stereocenters. The number of fused-ring (bicyclic) bond motifs is 1. The quantitative estimate of drug-likeness (QED) is 0.406. The highest BCUT2D eigenvalue weighted by atomic mass is 16.1. The first-order valence-electron chi connectivity index (χ1n) is 11.9. The number of carbonyl (C=O) groups is 1. The van der Waals surface area contributed by atoms with Gasteiger partial charge in [-0.05, 0) is 53.8 Å². The lowest BCUT2D eigenvalue weighted by Gasteiger charge is -2.32. The third-order valence-electron chi connectivity index (χ3n) is 6.48. The van der Waals surface area contributed by atoms with Crippen LogP contribution in [0, 0.1) is 0 Å². The van der Waals surface area contributed by atoms with Crippen molar-refractivity contribution in [2.45, 2.75) is 25.4 Å². The van der Waals surface area contributed by atoms with Crippen molar-refractivity contribution in [1.29, 1.82) is 0 Å². The highest BCUT2D eigenvalue weighted by molar-refractivity contribution is 5.95. The Bertz CT molecular complexity index is 1270. The SMILES string of the molecule is O=C(NC1CCN(Cc2ccccc2)CC1)c1ccc(/C=C\c2ccnc3ccccc23)cc1. The predicted molar refractivity (Wildman–Crippen MR) is 139 cm³/mol. The lowest BCUT2D eigenvalue weighted by atomic mass is 10.0. The van der Waals surface area contributed by atoms with Crippen molar-refractivity contribution in [2.75, 3.05) is 13.1 Å². The average Bonchev–Trinajstić information content (AvgIpc) is 2.89. The molecule has 0 radical (unpaired) electrons. The first-order chi connectivity index (χ1) is 16.7. The van der Waals surface area contributed by atoms with Crippen LogP contribution < -0.4 is 5.32 Å². The van der Waals surface area contributed by atoms with Crippen molar-refractivity contribution < 1.29 is 4.79 Å². The minimum Gasteiger partial charge on any atom is -0.349 e. The highest BCUT2D eigenvalue weighted by Gasteiger charge is 2.21. The summed E-state index contributed by atoms with van der Waals surface area (Å²) >= 11 is 0. The minimum absolute atomic E-state index is 0.0113. The van der Waals surface area contributed by atoms with Gasteiger partial charge in [-0.2, -0.15) is 0 Å². The van der Waals surface area contributed by atoms with Gasteiger partial charge in [0, 0.05) is 42.8 Å². The molecule has 0 atom stereocenters. The standard InChI is InChI=1S/C30H29N3O/c34-30(32-27-17-20-33(21-18-27)22-24-6-2-1-3-7-24)26-14-11-23(12-15-26)10-13-25-16-19-31-29-9-5-4-8-28(25)29/h1-16,19,27H,17-18,20-22H2,(H,32,34)/b13-10-. The molecule has 1 aliphatic rings. The summed E-state index contributed by atoms with van der Waals surface area (Å²) in [6.45, 7) is 2.99. The second-order valence-corrected chi connectivity index (χ2v) is 8.88. The Morgan fingerprint density at radius 1 is 0.882 bits per heavy atom. The van der Waals surface area contributed by atoms with Crippen LogP contribution in [0.4, 0.5) is 0 Å². The number of benzene rings is 3. The molecule has 4 heteroatoms. The van der Waals surface area contributed by atoms with Gasteiger partial charge in [-0.25, -0.2) is 0 Å². The Balaban J connectivity index is 1.15. The summed E-state index contributed by atoms with van der Waals surface area (Å²) in [5.74, 6) is 0.0113. The van der Waals surface area contributed by atoms with Crippen LogP contribution in [-0.2, 0) is 6.54 Å². The van der Waals surface area contributed by atoms with Crippen LogP contribution in [0.25, 0.3) is 23.1 Å². The predicted octanol–water partition coefficient (Wildman–Crippen LogP) is 5.80. The van der Waals surface area contributed by atoms with Gasteiger partial charge in [-0.1, -0.05) is 72.8 Å². The number of carbonyl (C=O) groups excluding carboxylic acids is 1. The van der Waals surface area contributed by atoms with E-state index in [-0.39, 0.29) is 11.9 Å².